The number of imidazole rings is 1. The van der Waals surface area contributed by atoms with Gasteiger partial charge in [0.25, 0.3) is 0 Å². The van der Waals surface area contributed by atoms with Gasteiger partial charge in [0.15, 0.2) is 4.96 Å². The number of allylic oxidation sites excluding steroid dienone is 2. The zero-order valence-corrected chi connectivity index (χ0v) is 10.4. The Morgan fingerprint density at radius 3 is 3.24 bits per heavy atom. The second-order valence-electron chi connectivity index (χ2n) is 4.64. The lowest BCUT2D eigenvalue weighted by Crippen LogP contribution is -2.23. The summed E-state index contributed by atoms with van der Waals surface area (Å²) in [7, 11) is 0. The van der Waals surface area contributed by atoms with Gasteiger partial charge in [-0.3, -0.25) is 4.40 Å². The number of thiazole rings is 1. The number of aliphatic hydroxyl groups is 1. The lowest BCUT2D eigenvalue weighted by Gasteiger charge is -2.22. The Hall–Kier alpha value is -1.13. The molecule has 2 atom stereocenters. The first-order valence-electron chi connectivity index (χ1n) is 6.07. The lowest BCUT2D eigenvalue weighted by molar-refractivity contribution is 0.101. The summed E-state index contributed by atoms with van der Waals surface area (Å²) in [6, 6.07) is 0. The van der Waals surface area contributed by atoms with E-state index in [0.717, 1.165) is 29.9 Å². The smallest absolute Gasteiger partial charge is 0.193 e. The van der Waals surface area contributed by atoms with Gasteiger partial charge in [-0.15, -0.1) is 11.3 Å². The van der Waals surface area contributed by atoms with Crippen LogP contribution < -0.4 is 0 Å². The van der Waals surface area contributed by atoms with Crippen LogP contribution in [0.5, 0.6) is 0 Å². The fourth-order valence-electron chi connectivity index (χ4n) is 2.42. The molecule has 2 aromatic heterocycles. The van der Waals surface area contributed by atoms with E-state index in [1.54, 1.807) is 11.3 Å². The molecule has 2 unspecified atom stereocenters. The first kappa shape index (κ1) is 11.0. The maximum Gasteiger partial charge on any atom is 0.193 e. The maximum absolute atomic E-state index is 10.2. The third-order valence-corrected chi connectivity index (χ3v) is 4.19. The first-order chi connectivity index (χ1) is 8.33. The van der Waals surface area contributed by atoms with Gasteiger partial charge in [-0.25, -0.2) is 4.98 Å². The van der Waals surface area contributed by atoms with Crippen LogP contribution in [0, 0.1) is 5.92 Å². The quantitative estimate of drug-likeness (QED) is 0.848. The van der Waals surface area contributed by atoms with Crippen LogP contribution >= 0.6 is 11.3 Å². The Bertz CT molecular complexity index is 500. The van der Waals surface area contributed by atoms with E-state index < -0.39 is 0 Å². The van der Waals surface area contributed by atoms with Crippen molar-refractivity contribution >= 4 is 16.3 Å². The summed E-state index contributed by atoms with van der Waals surface area (Å²) in [4.78, 5) is 5.52. The topological polar surface area (TPSA) is 37.5 Å². The molecule has 2 aromatic rings. The Morgan fingerprint density at radius 1 is 1.53 bits per heavy atom. The van der Waals surface area contributed by atoms with Crippen molar-refractivity contribution < 1.29 is 5.11 Å². The molecule has 3 rings (SSSR count). The number of aromatic nitrogens is 2. The van der Waals surface area contributed by atoms with Crippen molar-refractivity contribution in [2.75, 3.05) is 0 Å². The van der Waals surface area contributed by atoms with E-state index in [4.69, 9.17) is 0 Å². The molecule has 0 aliphatic heterocycles. The van der Waals surface area contributed by atoms with Gasteiger partial charge in [0, 0.05) is 24.2 Å². The molecule has 3 nitrogen and oxygen atoms in total. The van der Waals surface area contributed by atoms with Crippen molar-refractivity contribution in [3.8, 4) is 0 Å². The molecular formula is C13H16N2OS. The summed E-state index contributed by atoms with van der Waals surface area (Å²) >= 11 is 1.63. The zero-order chi connectivity index (χ0) is 11.7. The number of rotatable bonds is 3. The zero-order valence-electron chi connectivity index (χ0n) is 9.62. The molecule has 4 heteroatoms. The Labute approximate surface area is 104 Å². The molecule has 90 valence electrons. The number of aliphatic hydroxyl groups excluding tert-OH is 1. The minimum atomic E-state index is -0.260. The summed E-state index contributed by atoms with van der Waals surface area (Å²) in [6.07, 6.45) is 12.0. The van der Waals surface area contributed by atoms with E-state index >= 15 is 0 Å². The number of hydrogen-bond acceptors (Lipinski definition) is 3. The highest BCUT2D eigenvalue weighted by atomic mass is 32.1. The molecule has 17 heavy (non-hydrogen) atoms. The average Bonchev–Trinajstić information content (AvgIpc) is 2.90. The molecular weight excluding hydrogens is 232 g/mol. The molecule has 0 saturated carbocycles. The van der Waals surface area contributed by atoms with E-state index in [1.807, 2.05) is 22.2 Å². The summed E-state index contributed by atoms with van der Waals surface area (Å²) in [6.45, 7) is 0. The SMILES string of the molecule is OC(Cc1cn2ccsc2n1)C1CC=CCC1. The van der Waals surface area contributed by atoms with Gasteiger partial charge in [-0.2, -0.15) is 0 Å². The van der Waals surface area contributed by atoms with Crippen LogP contribution in [-0.4, -0.2) is 20.6 Å². The Balaban J connectivity index is 1.69. The number of nitrogens with zero attached hydrogens (tertiary/aromatic N) is 2. The van der Waals surface area contributed by atoms with Crippen molar-refractivity contribution in [3.05, 3.63) is 35.6 Å². The molecule has 1 aliphatic carbocycles. The van der Waals surface area contributed by atoms with Crippen molar-refractivity contribution in [3.63, 3.8) is 0 Å². The standard InChI is InChI=1S/C13H16N2OS/c16-12(10-4-2-1-3-5-10)8-11-9-15-6-7-17-13(15)14-11/h1-2,6-7,9-10,12,16H,3-5,8H2. The Kier molecular flexibility index (Phi) is 2.99. The van der Waals surface area contributed by atoms with Gasteiger partial charge in [0.2, 0.25) is 0 Å². The highest BCUT2D eigenvalue weighted by molar-refractivity contribution is 7.15. The molecule has 0 aromatic carbocycles. The molecule has 1 N–H and O–H groups in total. The minimum Gasteiger partial charge on any atom is -0.392 e. The van der Waals surface area contributed by atoms with Gasteiger partial charge >= 0.3 is 0 Å². The summed E-state index contributed by atoms with van der Waals surface area (Å²) in [5.74, 6) is 0.403. The third-order valence-electron chi connectivity index (χ3n) is 3.42. The van der Waals surface area contributed by atoms with Crippen LogP contribution in [0.3, 0.4) is 0 Å². The van der Waals surface area contributed by atoms with Gasteiger partial charge < -0.3 is 5.11 Å². The van der Waals surface area contributed by atoms with Crippen LogP contribution in [0.4, 0.5) is 0 Å². The highest BCUT2D eigenvalue weighted by Crippen LogP contribution is 2.24. The van der Waals surface area contributed by atoms with E-state index in [2.05, 4.69) is 17.1 Å². The molecule has 2 heterocycles. The lowest BCUT2D eigenvalue weighted by atomic mass is 9.87. The van der Waals surface area contributed by atoms with Crippen LogP contribution in [0.15, 0.2) is 29.9 Å². The minimum absolute atomic E-state index is 0.260. The van der Waals surface area contributed by atoms with Gasteiger partial charge in [0.1, 0.15) is 0 Å². The van der Waals surface area contributed by atoms with Crippen molar-refractivity contribution in [2.24, 2.45) is 5.92 Å². The molecule has 0 radical (unpaired) electrons. The molecule has 1 aliphatic rings. The van der Waals surface area contributed by atoms with Crippen molar-refractivity contribution in [1.29, 1.82) is 0 Å². The molecule has 0 saturated heterocycles. The Morgan fingerprint density at radius 2 is 2.47 bits per heavy atom. The average molecular weight is 248 g/mol. The molecule has 0 spiro atoms. The van der Waals surface area contributed by atoms with Crippen LogP contribution in [0.1, 0.15) is 25.0 Å². The maximum atomic E-state index is 10.2. The van der Waals surface area contributed by atoms with Crippen LogP contribution in [-0.2, 0) is 6.42 Å². The number of hydrogen-bond donors (Lipinski definition) is 1. The van der Waals surface area contributed by atoms with Crippen molar-refractivity contribution in [1.82, 2.24) is 9.38 Å². The first-order valence-corrected chi connectivity index (χ1v) is 6.95. The highest BCUT2D eigenvalue weighted by Gasteiger charge is 2.20. The summed E-state index contributed by atoms with van der Waals surface area (Å²) < 4.78 is 2.02. The molecule has 0 bridgehead atoms. The normalized spacial score (nSPS) is 22.1. The van der Waals surface area contributed by atoms with Gasteiger partial charge in [-0.05, 0) is 25.2 Å². The second-order valence-corrected chi connectivity index (χ2v) is 5.51. The van der Waals surface area contributed by atoms with Crippen LogP contribution in [0.25, 0.3) is 4.96 Å². The fraction of sp³-hybridized carbons (Fsp3) is 0.462. The number of fused-ring (bicyclic) bond motifs is 1. The largest absolute Gasteiger partial charge is 0.392 e. The fourth-order valence-corrected chi connectivity index (χ4v) is 3.14. The summed E-state index contributed by atoms with van der Waals surface area (Å²) in [5, 5.41) is 12.2. The predicted molar refractivity (Wildman–Crippen MR) is 69.3 cm³/mol. The third kappa shape index (κ3) is 2.28. The summed E-state index contributed by atoms with van der Waals surface area (Å²) in [5.41, 5.74) is 0.999. The van der Waals surface area contributed by atoms with E-state index in [1.165, 1.54) is 0 Å². The van der Waals surface area contributed by atoms with Gasteiger partial charge in [-0.1, -0.05) is 12.2 Å². The second kappa shape index (κ2) is 4.63. The van der Waals surface area contributed by atoms with E-state index in [-0.39, 0.29) is 6.10 Å². The van der Waals surface area contributed by atoms with Gasteiger partial charge in [0.05, 0.1) is 11.8 Å². The van der Waals surface area contributed by atoms with Crippen LogP contribution in [0.2, 0.25) is 0 Å². The monoisotopic (exact) mass is 248 g/mol. The molecule has 0 fully saturated rings. The predicted octanol–water partition coefficient (Wildman–Crippen LogP) is 2.66. The molecule has 0 amide bonds. The van der Waals surface area contributed by atoms with Crippen molar-refractivity contribution in [2.45, 2.75) is 31.8 Å². The van der Waals surface area contributed by atoms with E-state index in [0.29, 0.717) is 12.3 Å². The van der Waals surface area contributed by atoms with E-state index in [9.17, 15) is 5.11 Å².